The van der Waals surface area contributed by atoms with E-state index >= 15 is 0 Å². The lowest BCUT2D eigenvalue weighted by molar-refractivity contribution is -0.137. The van der Waals surface area contributed by atoms with Crippen molar-refractivity contribution in [1.29, 1.82) is 0 Å². The first-order valence-electron chi connectivity index (χ1n) is 3.98. The Morgan fingerprint density at radius 3 is 3.08 bits per heavy atom. The maximum atomic E-state index is 10.3. The largest absolute Gasteiger partial charge is 0.501 e. The van der Waals surface area contributed by atoms with Crippen molar-refractivity contribution in [3.63, 3.8) is 0 Å². The van der Waals surface area contributed by atoms with Crippen LogP contribution in [0.4, 0.5) is 0 Å². The van der Waals surface area contributed by atoms with E-state index in [0.29, 0.717) is 6.61 Å². The van der Waals surface area contributed by atoms with Gasteiger partial charge in [0.1, 0.15) is 0 Å². The van der Waals surface area contributed by atoms with E-state index in [2.05, 4.69) is 0 Å². The minimum absolute atomic E-state index is 0.0187. The van der Waals surface area contributed by atoms with Crippen molar-refractivity contribution in [2.45, 2.75) is 25.3 Å². The van der Waals surface area contributed by atoms with Gasteiger partial charge in [-0.25, -0.2) is 0 Å². The predicted octanol–water partition coefficient (Wildman–Crippen LogP) is 0.483. The number of hydrogen-bond acceptors (Lipinski definition) is 3. The van der Waals surface area contributed by atoms with Crippen LogP contribution in [0.1, 0.15) is 19.3 Å². The number of aliphatic carboxylic acids is 1. The number of carboxylic acids is 1. The van der Waals surface area contributed by atoms with Gasteiger partial charge in [-0.15, -0.1) is 0 Å². The molecule has 4 nitrogen and oxygen atoms in total. The summed E-state index contributed by atoms with van der Waals surface area (Å²) in [5, 5.41) is 8.47. The molecule has 0 bridgehead atoms. The third kappa shape index (κ3) is 2.54. The molecule has 1 aliphatic rings. The summed E-state index contributed by atoms with van der Waals surface area (Å²) in [4.78, 5) is 10.3. The standard InChI is InChI=1S/C8H13NO3/c9-7(4-8(10)11)6-2-1-3-12-5-6/h5,7H,1-4,9H2,(H,10,11). The van der Waals surface area contributed by atoms with Crippen LogP contribution in [0.5, 0.6) is 0 Å². The van der Waals surface area contributed by atoms with Crippen molar-refractivity contribution in [2.75, 3.05) is 6.61 Å². The number of rotatable bonds is 3. The molecule has 12 heavy (non-hydrogen) atoms. The zero-order valence-corrected chi connectivity index (χ0v) is 6.82. The lowest BCUT2D eigenvalue weighted by atomic mass is 10.0. The number of carboxylic acid groups (broad SMARTS) is 1. The van der Waals surface area contributed by atoms with Crippen LogP contribution in [0.2, 0.25) is 0 Å². The minimum atomic E-state index is -0.867. The number of nitrogens with two attached hydrogens (primary N) is 1. The van der Waals surface area contributed by atoms with Crippen LogP contribution in [0.3, 0.4) is 0 Å². The summed E-state index contributed by atoms with van der Waals surface area (Å²) < 4.78 is 5.05. The number of carbonyl (C=O) groups is 1. The first kappa shape index (κ1) is 9.06. The molecule has 0 aromatic heterocycles. The van der Waals surface area contributed by atoms with Gasteiger partial charge in [-0.1, -0.05) is 0 Å². The summed E-state index contributed by atoms with van der Waals surface area (Å²) >= 11 is 0. The fourth-order valence-corrected chi connectivity index (χ4v) is 1.18. The van der Waals surface area contributed by atoms with E-state index in [4.69, 9.17) is 15.6 Å². The minimum Gasteiger partial charge on any atom is -0.501 e. The molecule has 0 fully saturated rings. The monoisotopic (exact) mass is 171 g/mol. The topological polar surface area (TPSA) is 72.6 Å². The van der Waals surface area contributed by atoms with Crippen molar-refractivity contribution in [3.05, 3.63) is 11.8 Å². The van der Waals surface area contributed by atoms with Crippen LogP contribution in [0.25, 0.3) is 0 Å². The molecule has 4 heteroatoms. The highest BCUT2D eigenvalue weighted by atomic mass is 16.5. The van der Waals surface area contributed by atoms with E-state index in [9.17, 15) is 4.79 Å². The average Bonchev–Trinajstić information content (AvgIpc) is 2.05. The molecule has 0 radical (unpaired) electrons. The third-order valence-electron chi connectivity index (χ3n) is 1.83. The van der Waals surface area contributed by atoms with Crippen LogP contribution >= 0.6 is 0 Å². The molecule has 0 aromatic carbocycles. The first-order valence-corrected chi connectivity index (χ1v) is 3.98. The Labute approximate surface area is 71.0 Å². The van der Waals surface area contributed by atoms with E-state index in [1.165, 1.54) is 0 Å². The maximum Gasteiger partial charge on any atom is 0.305 e. The molecular formula is C8H13NO3. The zero-order valence-electron chi connectivity index (χ0n) is 6.82. The molecule has 0 aromatic rings. The van der Waals surface area contributed by atoms with Gasteiger partial charge in [0.05, 0.1) is 19.3 Å². The Bertz CT molecular complexity index is 200. The molecule has 0 saturated heterocycles. The lowest BCUT2D eigenvalue weighted by Gasteiger charge is -2.17. The Kier molecular flexibility index (Phi) is 3.10. The molecular weight excluding hydrogens is 158 g/mol. The van der Waals surface area contributed by atoms with E-state index in [0.717, 1.165) is 18.4 Å². The van der Waals surface area contributed by atoms with E-state index in [1.807, 2.05) is 0 Å². The summed E-state index contributed by atoms with van der Waals surface area (Å²) in [6.07, 6.45) is 3.36. The normalized spacial score (nSPS) is 19.2. The van der Waals surface area contributed by atoms with Crippen molar-refractivity contribution in [3.8, 4) is 0 Å². The van der Waals surface area contributed by atoms with Gasteiger partial charge in [-0.2, -0.15) is 0 Å². The molecule has 68 valence electrons. The maximum absolute atomic E-state index is 10.3. The fraction of sp³-hybridized carbons (Fsp3) is 0.625. The van der Waals surface area contributed by atoms with Crippen LogP contribution < -0.4 is 5.73 Å². The highest BCUT2D eigenvalue weighted by molar-refractivity contribution is 5.68. The molecule has 1 heterocycles. The summed E-state index contributed by atoms with van der Waals surface area (Å²) in [5.74, 6) is -0.867. The number of hydrogen-bond donors (Lipinski definition) is 2. The summed E-state index contributed by atoms with van der Waals surface area (Å²) in [6.45, 7) is 0.712. The molecule has 1 rings (SSSR count). The van der Waals surface area contributed by atoms with Gasteiger partial charge in [-0.05, 0) is 18.4 Å². The molecule has 1 atom stereocenters. The highest BCUT2D eigenvalue weighted by Crippen LogP contribution is 2.15. The molecule has 0 amide bonds. The molecule has 3 N–H and O–H groups in total. The van der Waals surface area contributed by atoms with E-state index < -0.39 is 5.97 Å². The highest BCUT2D eigenvalue weighted by Gasteiger charge is 2.15. The second-order valence-electron chi connectivity index (χ2n) is 2.87. The summed E-state index contributed by atoms with van der Waals surface area (Å²) in [7, 11) is 0. The molecule has 0 saturated carbocycles. The smallest absolute Gasteiger partial charge is 0.305 e. The fourth-order valence-electron chi connectivity index (χ4n) is 1.18. The Hall–Kier alpha value is -1.03. The van der Waals surface area contributed by atoms with E-state index in [1.54, 1.807) is 6.26 Å². The summed E-state index contributed by atoms with van der Waals surface area (Å²) in [6, 6.07) is -0.386. The first-order chi connectivity index (χ1) is 5.70. The molecule has 1 aliphatic heterocycles. The SMILES string of the molecule is NC(CC(=O)O)C1=COCCC1. The van der Waals surface area contributed by atoms with Crippen molar-refractivity contribution in [2.24, 2.45) is 5.73 Å². The van der Waals surface area contributed by atoms with Gasteiger partial charge >= 0.3 is 5.97 Å². The zero-order chi connectivity index (χ0) is 8.97. The van der Waals surface area contributed by atoms with Crippen LogP contribution in [-0.2, 0) is 9.53 Å². The second kappa shape index (κ2) is 4.11. The van der Waals surface area contributed by atoms with E-state index in [-0.39, 0.29) is 12.5 Å². The van der Waals surface area contributed by atoms with Crippen molar-refractivity contribution < 1.29 is 14.6 Å². The predicted molar refractivity (Wildman–Crippen MR) is 43.5 cm³/mol. The Morgan fingerprint density at radius 2 is 2.58 bits per heavy atom. The second-order valence-corrected chi connectivity index (χ2v) is 2.87. The Balaban J connectivity index is 2.44. The van der Waals surface area contributed by atoms with Crippen molar-refractivity contribution >= 4 is 5.97 Å². The molecule has 1 unspecified atom stereocenters. The van der Waals surface area contributed by atoms with Gasteiger partial charge in [0, 0.05) is 6.04 Å². The molecule has 0 spiro atoms. The average molecular weight is 171 g/mol. The third-order valence-corrected chi connectivity index (χ3v) is 1.83. The van der Waals surface area contributed by atoms with Crippen LogP contribution in [-0.4, -0.2) is 23.7 Å². The Morgan fingerprint density at radius 1 is 1.83 bits per heavy atom. The van der Waals surface area contributed by atoms with Gasteiger partial charge in [-0.3, -0.25) is 4.79 Å². The van der Waals surface area contributed by atoms with Crippen molar-refractivity contribution in [1.82, 2.24) is 0 Å². The van der Waals surface area contributed by atoms with Gasteiger partial charge in [0.15, 0.2) is 0 Å². The lowest BCUT2D eigenvalue weighted by Crippen LogP contribution is -2.27. The van der Waals surface area contributed by atoms with Gasteiger partial charge < -0.3 is 15.6 Å². The molecule has 0 aliphatic carbocycles. The van der Waals surface area contributed by atoms with Crippen LogP contribution in [0, 0.1) is 0 Å². The van der Waals surface area contributed by atoms with Gasteiger partial charge in [0.2, 0.25) is 0 Å². The number of ether oxygens (including phenoxy) is 1. The van der Waals surface area contributed by atoms with Gasteiger partial charge in [0.25, 0.3) is 0 Å². The van der Waals surface area contributed by atoms with Crippen LogP contribution in [0.15, 0.2) is 11.8 Å². The summed E-state index contributed by atoms with van der Waals surface area (Å²) in [5.41, 5.74) is 6.53. The quantitative estimate of drug-likeness (QED) is 0.648.